The number of nitrogens with one attached hydrogen (secondary N) is 4. The normalized spacial score (nSPS) is 17.7. The molecule has 0 unspecified atom stereocenters. The minimum Gasteiger partial charge on any atom is -0.445 e. The van der Waals surface area contributed by atoms with Gasteiger partial charge in [0.15, 0.2) is 0 Å². The molecule has 1 aromatic heterocycles. The average Bonchev–Trinajstić information content (AvgIpc) is 3.43. The monoisotopic (exact) mass is 609 g/mol. The molecular formula is C35H39N5O5. The Bertz CT molecular complexity index is 1670. The number of carbonyl (C=O) groups is 4. The van der Waals surface area contributed by atoms with Gasteiger partial charge in [-0.15, -0.1) is 0 Å². The summed E-state index contributed by atoms with van der Waals surface area (Å²) >= 11 is 0. The van der Waals surface area contributed by atoms with Crippen LogP contribution < -0.4 is 21.7 Å². The van der Waals surface area contributed by atoms with E-state index < -0.39 is 41.4 Å². The van der Waals surface area contributed by atoms with E-state index in [9.17, 15) is 19.2 Å². The lowest BCUT2D eigenvalue weighted by atomic mass is 9.78. The van der Waals surface area contributed by atoms with E-state index in [4.69, 9.17) is 10.5 Å². The lowest BCUT2D eigenvalue weighted by Crippen LogP contribution is -2.65. The molecule has 10 nitrogen and oxygen atoms in total. The van der Waals surface area contributed by atoms with Gasteiger partial charge in [0.05, 0.1) is 0 Å². The molecule has 0 bridgehead atoms. The number of fused-ring (bicyclic) bond motifs is 3. The van der Waals surface area contributed by atoms with Crippen molar-refractivity contribution in [1.29, 1.82) is 0 Å². The summed E-state index contributed by atoms with van der Waals surface area (Å²) in [5.74, 6) is -2.05. The number of H-pyrrole nitrogens is 1. The molecule has 45 heavy (non-hydrogen) atoms. The molecule has 0 saturated carbocycles. The average molecular weight is 610 g/mol. The zero-order chi connectivity index (χ0) is 32.0. The molecule has 0 spiro atoms. The Hall–Kier alpha value is -5.12. The largest absolute Gasteiger partial charge is 0.445 e. The highest BCUT2D eigenvalue weighted by atomic mass is 16.5. The van der Waals surface area contributed by atoms with Crippen molar-refractivity contribution in [1.82, 2.24) is 20.9 Å². The smallest absolute Gasteiger partial charge is 0.408 e. The number of nitrogens with two attached hydrogens (primary N) is 1. The first-order valence-corrected chi connectivity index (χ1v) is 15.2. The summed E-state index contributed by atoms with van der Waals surface area (Å²) in [6.07, 6.45) is 0.760. The van der Waals surface area contributed by atoms with Crippen LogP contribution in [-0.2, 0) is 38.6 Å². The topological polar surface area (TPSA) is 155 Å². The van der Waals surface area contributed by atoms with Crippen LogP contribution in [0, 0.1) is 5.92 Å². The third-order valence-electron chi connectivity index (χ3n) is 8.65. The van der Waals surface area contributed by atoms with Crippen LogP contribution in [0.2, 0.25) is 0 Å². The van der Waals surface area contributed by atoms with Crippen molar-refractivity contribution in [3.05, 3.63) is 107 Å². The second-order valence-corrected chi connectivity index (χ2v) is 11.7. The maximum Gasteiger partial charge on any atom is 0.408 e. The number of primary amides is 1. The minimum absolute atomic E-state index is 0.0468. The van der Waals surface area contributed by atoms with Crippen molar-refractivity contribution < 1.29 is 23.9 Å². The fraction of sp³-hybridized carbons (Fsp3) is 0.314. The van der Waals surface area contributed by atoms with Crippen LogP contribution in [0.1, 0.15) is 55.1 Å². The van der Waals surface area contributed by atoms with E-state index in [1.54, 1.807) is 30.3 Å². The molecule has 4 atom stereocenters. The van der Waals surface area contributed by atoms with E-state index in [1.807, 2.05) is 68.4 Å². The van der Waals surface area contributed by atoms with Crippen molar-refractivity contribution in [2.75, 3.05) is 0 Å². The standard InChI is InChI=1S/C35H39N5O5/c1-3-22(2)29(39-34(44)45-21-23-12-6-4-7-13-23)32(42)40-35(33(43)38-30(31(36)41)24-14-8-5-9-15-24)19-18-28-26(20-35)25-16-10-11-17-27(25)37-28/h4-17,22,29-30,37H,3,18-21H2,1-2H3,(H2,36,41)(H,38,43)(H,39,44)(H,40,42)/t22-,29-,30-,35-/m0/s1. The number of aromatic amines is 1. The predicted molar refractivity (Wildman–Crippen MR) is 171 cm³/mol. The highest BCUT2D eigenvalue weighted by molar-refractivity contribution is 5.98. The number of aryl methyl sites for hydroxylation is 1. The number of para-hydroxylation sites is 1. The number of ether oxygens (including phenoxy) is 1. The Labute approximate surface area is 262 Å². The number of hydrogen-bond donors (Lipinski definition) is 5. The van der Waals surface area contributed by atoms with Gasteiger partial charge in [-0.1, -0.05) is 99.1 Å². The second kappa shape index (κ2) is 13.7. The van der Waals surface area contributed by atoms with E-state index in [2.05, 4.69) is 20.9 Å². The molecule has 4 aromatic rings. The van der Waals surface area contributed by atoms with Crippen LogP contribution in [0.3, 0.4) is 0 Å². The fourth-order valence-corrected chi connectivity index (χ4v) is 5.90. The molecule has 1 aliphatic carbocycles. The van der Waals surface area contributed by atoms with Crippen LogP contribution in [0.15, 0.2) is 84.9 Å². The number of rotatable bonds is 11. The van der Waals surface area contributed by atoms with Gasteiger partial charge in [-0.25, -0.2) is 4.79 Å². The van der Waals surface area contributed by atoms with E-state index in [0.29, 0.717) is 18.4 Å². The summed E-state index contributed by atoms with van der Waals surface area (Å²) in [5, 5.41) is 9.54. The van der Waals surface area contributed by atoms with Crippen molar-refractivity contribution in [2.24, 2.45) is 11.7 Å². The molecule has 0 aliphatic heterocycles. The molecule has 10 heteroatoms. The van der Waals surface area contributed by atoms with Crippen LogP contribution >= 0.6 is 0 Å². The third-order valence-corrected chi connectivity index (χ3v) is 8.65. The zero-order valence-electron chi connectivity index (χ0n) is 25.5. The highest BCUT2D eigenvalue weighted by Gasteiger charge is 2.46. The highest BCUT2D eigenvalue weighted by Crippen LogP contribution is 2.35. The van der Waals surface area contributed by atoms with Crippen LogP contribution in [0.25, 0.3) is 10.9 Å². The lowest BCUT2D eigenvalue weighted by molar-refractivity contribution is -0.137. The SMILES string of the molecule is CC[C@H](C)[C@H](NC(=O)OCc1ccccc1)C(=O)N[C@@]1(C(=O)N[C@H](C(N)=O)c2ccccc2)CCc2[nH]c3ccccc3c2C1. The lowest BCUT2D eigenvalue weighted by Gasteiger charge is -2.39. The Morgan fingerprint density at radius 1 is 0.933 bits per heavy atom. The second-order valence-electron chi connectivity index (χ2n) is 11.7. The fourth-order valence-electron chi connectivity index (χ4n) is 5.90. The Morgan fingerprint density at radius 3 is 2.29 bits per heavy atom. The molecule has 5 rings (SSSR count). The number of alkyl carbamates (subject to hydrolysis) is 1. The molecule has 6 N–H and O–H groups in total. The zero-order valence-corrected chi connectivity index (χ0v) is 25.5. The summed E-state index contributed by atoms with van der Waals surface area (Å²) in [7, 11) is 0. The maximum absolute atomic E-state index is 14.3. The van der Waals surface area contributed by atoms with Gasteiger partial charge in [-0.05, 0) is 41.5 Å². The summed E-state index contributed by atoms with van der Waals surface area (Å²) in [6, 6.07) is 23.7. The molecule has 3 aromatic carbocycles. The van der Waals surface area contributed by atoms with Crippen molar-refractivity contribution >= 4 is 34.7 Å². The Kier molecular flexibility index (Phi) is 9.51. The van der Waals surface area contributed by atoms with E-state index in [0.717, 1.165) is 27.7 Å². The van der Waals surface area contributed by atoms with E-state index in [1.165, 1.54) is 0 Å². The number of hydrogen-bond acceptors (Lipinski definition) is 5. The molecule has 234 valence electrons. The van der Waals surface area contributed by atoms with Gasteiger partial charge in [0, 0.05) is 23.0 Å². The van der Waals surface area contributed by atoms with E-state index in [-0.39, 0.29) is 25.4 Å². The summed E-state index contributed by atoms with van der Waals surface area (Å²) in [4.78, 5) is 57.2. The Morgan fingerprint density at radius 2 is 1.60 bits per heavy atom. The minimum atomic E-state index is -1.43. The third kappa shape index (κ3) is 7.01. The van der Waals surface area contributed by atoms with Gasteiger partial charge in [0.1, 0.15) is 24.2 Å². The van der Waals surface area contributed by atoms with Gasteiger partial charge in [-0.2, -0.15) is 0 Å². The number of carbonyl (C=O) groups excluding carboxylic acids is 4. The van der Waals surface area contributed by atoms with Gasteiger partial charge < -0.3 is 31.4 Å². The van der Waals surface area contributed by atoms with Crippen molar-refractivity contribution in [3.8, 4) is 0 Å². The maximum atomic E-state index is 14.3. The molecule has 4 amide bonds. The Balaban J connectivity index is 1.43. The molecule has 1 heterocycles. The number of amides is 4. The van der Waals surface area contributed by atoms with Crippen molar-refractivity contribution in [2.45, 2.75) is 63.8 Å². The molecular weight excluding hydrogens is 570 g/mol. The van der Waals surface area contributed by atoms with Crippen molar-refractivity contribution in [3.63, 3.8) is 0 Å². The van der Waals surface area contributed by atoms with Gasteiger partial charge in [-0.3, -0.25) is 14.4 Å². The molecule has 0 radical (unpaired) electrons. The first-order valence-electron chi connectivity index (χ1n) is 15.2. The first kappa shape index (κ1) is 31.3. The van der Waals surface area contributed by atoms with Crippen LogP contribution in [0.5, 0.6) is 0 Å². The van der Waals surface area contributed by atoms with E-state index >= 15 is 0 Å². The summed E-state index contributed by atoms with van der Waals surface area (Å²) < 4.78 is 5.41. The first-order chi connectivity index (χ1) is 21.7. The molecule has 0 fully saturated rings. The van der Waals surface area contributed by atoms with Crippen LogP contribution in [0.4, 0.5) is 4.79 Å². The van der Waals surface area contributed by atoms with Gasteiger partial charge in [0.25, 0.3) is 0 Å². The van der Waals surface area contributed by atoms with Gasteiger partial charge >= 0.3 is 6.09 Å². The number of aromatic nitrogens is 1. The molecule has 0 saturated heterocycles. The van der Waals surface area contributed by atoms with Gasteiger partial charge in [0.2, 0.25) is 17.7 Å². The summed E-state index contributed by atoms with van der Waals surface area (Å²) in [6.45, 7) is 3.82. The predicted octanol–water partition coefficient (Wildman–Crippen LogP) is 4.20. The van der Waals surface area contributed by atoms with Crippen LogP contribution in [-0.4, -0.2) is 40.4 Å². The summed E-state index contributed by atoms with van der Waals surface area (Å²) in [5.41, 5.74) is 8.50. The quantitative estimate of drug-likeness (QED) is 0.172. The molecule has 1 aliphatic rings. The number of benzene rings is 3.